The van der Waals surface area contributed by atoms with Crippen LogP contribution in [0.5, 0.6) is 0 Å². The highest BCUT2D eigenvalue weighted by molar-refractivity contribution is 6.29. The first kappa shape index (κ1) is 10.6. The number of hydrogen-bond acceptors (Lipinski definition) is 4. The van der Waals surface area contributed by atoms with E-state index < -0.39 is 0 Å². The van der Waals surface area contributed by atoms with Crippen molar-refractivity contribution < 1.29 is 0 Å². The van der Waals surface area contributed by atoms with Gasteiger partial charge < -0.3 is 10.6 Å². The van der Waals surface area contributed by atoms with E-state index in [2.05, 4.69) is 15.1 Å². The van der Waals surface area contributed by atoms with Crippen molar-refractivity contribution in [3.8, 4) is 0 Å². The lowest BCUT2D eigenvalue weighted by molar-refractivity contribution is 0.461. The first-order chi connectivity index (χ1) is 7.31. The summed E-state index contributed by atoms with van der Waals surface area (Å²) in [6.07, 6.45) is 3.58. The average Bonchev–Trinajstić information content (AvgIpc) is 2.30. The van der Waals surface area contributed by atoms with E-state index >= 15 is 0 Å². The Hall–Kier alpha value is -0.870. The fourth-order valence-electron chi connectivity index (χ4n) is 2.01. The van der Waals surface area contributed by atoms with Crippen LogP contribution in [0.2, 0.25) is 5.15 Å². The topological polar surface area (TPSA) is 55.0 Å². The number of hydrogen-bond donors (Lipinski definition) is 1. The summed E-state index contributed by atoms with van der Waals surface area (Å²) in [6, 6.07) is 4.07. The quantitative estimate of drug-likeness (QED) is 0.830. The molecule has 0 aliphatic carbocycles. The fourth-order valence-corrected chi connectivity index (χ4v) is 2.11. The molecule has 1 aromatic heterocycles. The molecular weight excluding hydrogens is 212 g/mol. The first-order valence-corrected chi connectivity index (χ1v) is 5.65. The van der Waals surface area contributed by atoms with E-state index in [9.17, 15) is 0 Å². The molecule has 1 atom stereocenters. The molecule has 1 fully saturated rings. The van der Waals surface area contributed by atoms with Crippen molar-refractivity contribution in [3.05, 3.63) is 17.3 Å². The van der Waals surface area contributed by atoms with Gasteiger partial charge in [0, 0.05) is 19.1 Å². The van der Waals surface area contributed by atoms with E-state index in [1.165, 1.54) is 12.8 Å². The molecule has 0 aromatic carbocycles. The predicted molar refractivity (Wildman–Crippen MR) is 61.1 cm³/mol. The zero-order valence-corrected chi connectivity index (χ0v) is 9.32. The van der Waals surface area contributed by atoms with Crippen LogP contribution in [-0.4, -0.2) is 29.3 Å². The summed E-state index contributed by atoms with van der Waals surface area (Å²) < 4.78 is 0. The first-order valence-electron chi connectivity index (χ1n) is 5.27. The van der Waals surface area contributed by atoms with Crippen molar-refractivity contribution in [1.82, 2.24) is 10.2 Å². The molecule has 0 radical (unpaired) electrons. The van der Waals surface area contributed by atoms with Gasteiger partial charge in [-0.05, 0) is 31.4 Å². The van der Waals surface area contributed by atoms with Crippen molar-refractivity contribution >= 4 is 17.4 Å². The maximum Gasteiger partial charge on any atom is 0.151 e. The molecule has 1 aliphatic heterocycles. The molecule has 15 heavy (non-hydrogen) atoms. The Morgan fingerprint density at radius 1 is 1.40 bits per heavy atom. The van der Waals surface area contributed by atoms with Crippen molar-refractivity contribution in [2.45, 2.75) is 25.3 Å². The summed E-state index contributed by atoms with van der Waals surface area (Å²) in [5.74, 6) is 0.884. The van der Waals surface area contributed by atoms with Crippen LogP contribution >= 0.6 is 11.6 Å². The summed E-state index contributed by atoms with van der Waals surface area (Å²) in [4.78, 5) is 2.23. The summed E-state index contributed by atoms with van der Waals surface area (Å²) >= 11 is 5.70. The zero-order chi connectivity index (χ0) is 10.7. The number of rotatable bonds is 2. The number of nitrogens with two attached hydrogens (primary N) is 1. The second-order valence-corrected chi connectivity index (χ2v) is 4.18. The smallest absolute Gasteiger partial charge is 0.151 e. The molecule has 1 aliphatic rings. The minimum absolute atomic E-state index is 0.397. The van der Waals surface area contributed by atoms with Crippen LogP contribution in [0, 0.1) is 0 Å². The van der Waals surface area contributed by atoms with Gasteiger partial charge in [0.1, 0.15) is 0 Å². The maximum atomic E-state index is 5.74. The molecule has 1 saturated heterocycles. The van der Waals surface area contributed by atoms with Gasteiger partial charge in [0.05, 0.1) is 0 Å². The molecule has 0 bridgehead atoms. The predicted octanol–water partition coefficient (Wildman–Crippen LogP) is 1.45. The molecule has 5 heteroatoms. The Balaban J connectivity index is 2.16. The van der Waals surface area contributed by atoms with Crippen LogP contribution in [0.25, 0.3) is 0 Å². The van der Waals surface area contributed by atoms with E-state index in [-0.39, 0.29) is 0 Å². The van der Waals surface area contributed by atoms with Gasteiger partial charge >= 0.3 is 0 Å². The molecule has 1 aromatic rings. The minimum atomic E-state index is 0.397. The van der Waals surface area contributed by atoms with Crippen LogP contribution in [0.15, 0.2) is 12.1 Å². The molecule has 2 N–H and O–H groups in total. The molecule has 2 rings (SSSR count). The summed E-state index contributed by atoms with van der Waals surface area (Å²) in [6.45, 7) is 1.68. The lowest BCUT2D eigenvalue weighted by atomic mass is 10.0. The summed E-state index contributed by atoms with van der Waals surface area (Å²) in [5, 5.41) is 8.38. The highest BCUT2D eigenvalue weighted by Gasteiger charge is 2.22. The van der Waals surface area contributed by atoms with Gasteiger partial charge in [-0.15, -0.1) is 10.2 Å². The van der Waals surface area contributed by atoms with Crippen LogP contribution in [-0.2, 0) is 0 Å². The Labute approximate surface area is 94.4 Å². The van der Waals surface area contributed by atoms with Gasteiger partial charge in [0.2, 0.25) is 0 Å². The SMILES string of the molecule is NCC1CCCCN1c1ccc(Cl)nn1. The second-order valence-electron chi connectivity index (χ2n) is 3.79. The molecule has 0 amide bonds. The van der Waals surface area contributed by atoms with Gasteiger partial charge in [0.25, 0.3) is 0 Å². The number of piperidine rings is 1. The van der Waals surface area contributed by atoms with E-state index in [4.69, 9.17) is 17.3 Å². The molecular formula is C10H15ClN4. The molecule has 0 spiro atoms. The molecule has 1 unspecified atom stereocenters. The zero-order valence-electron chi connectivity index (χ0n) is 8.56. The normalized spacial score (nSPS) is 21.7. The molecule has 82 valence electrons. The Morgan fingerprint density at radius 3 is 2.93 bits per heavy atom. The number of anilines is 1. The van der Waals surface area contributed by atoms with E-state index in [0.717, 1.165) is 18.8 Å². The standard InChI is InChI=1S/C10H15ClN4/c11-9-4-5-10(14-13-9)15-6-2-1-3-8(15)7-12/h4-5,8H,1-3,6-7,12H2. The lowest BCUT2D eigenvalue weighted by Gasteiger charge is -2.35. The van der Waals surface area contributed by atoms with Crippen molar-refractivity contribution in [3.63, 3.8) is 0 Å². The van der Waals surface area contributed by atoms with Crippen LogP contribution in [0.3, 0.4) is 0 Å². The number of aromatic nitrogens is 2. The summed E-state index contributed by atoms with van der Waals surface area (Å²) in [5.41, 5.74) is 5.74. The van der Waals surface area contributed by atoms with Gasteiger partial charge in [-0.2, -0.15) is 0 Å². The number of halogens is 1. The van der Waals surface area contributed by atoms with Crippen molar-refractivity contribution in [2.75, 3.05) is 18.0 Å². The largest absolute Gasteiger partial charge is 0.351 e. The van der Waals surface area contributed by atoms with E-state index in [1.807, 2.05) is 6.07 Å². The van der Waals surface area contributed by atoms with Crippen LogP contribution in [0.1, 0.15) is 19.3 Å². The molecule has 0 saturated carbocycles. The highest BCUT2D eigenvalue weighted by atomic mass is 35.5. The minimum Gasteiger partial charge on any atom is -0.351 e. The average molecular weight is 227 g/mol. The molecule has 2 heterocycles. The van der Waals surface area contributed by atoms with Crippen molar-refractivity contribution in [1.29, 1.82) is 0 Å². The van der Waals surface area contributed by atoms with Gasteiger partial charge in [-0.3, -0.25) is 0 Å². The Bertz CT molecular complexity index is 314. The van der Waals surface area contributed by atoms with E-state index in [0.29, 0.717) is 17.7 Å². The lowest BCUT2D eigenvalue weighted by Crippen LogP contribution is -2.44. The highest BCUT2D eigenvalue weighted by Crippen LogP contribution is 2.22. The Kier molecular flexibility index (Phi) is 3.38. The fraction of sp³-hybridized carbons (Fsp3) is 0.600. The third-order valence-corrected chi connectivity index (χ3v) is 3.01. The second kappa shape index (κ2) is 4.77. The third-order valence-electron chi connectivity index (χ3n) is 2.81. The van der Waals surface area contributed by atoms with E-state index in [1.54, 1.807) is 6.07 Å². The maximum absolute atomic E-state index is 5.74. The van der Waals surface area contributed by atoms with Gasteiger partial charge in [-0.1, -0.05) is 11.6 Å². The third kappa shape index (κ3) is 2.38. The summed E-state index contributed by atoms with van der Waals surface area (Å²) in [7, 11) is 0. The van der Waals surface area contributed by atoms with Gasteiger partial charge in [-0.25, -0.2) is 0 Å². The molecule has 4 nitrogen and oxygen atoms in total. The van der Waals surface area contributed by atoms with Crippen LogP contribution < -0.4 is 10.6 Å². The monoisotopic (exact) mass is 226 g/mol. The number of nitrogens with zero attached hydrogens (tertiary/aromatic N) is 3. The van der Waals surface area contributed by atoms with Crippen LogP contribution in [0.4, 0.5) is 5.82 Å². The Morgan fingerprint density at radius 2 is 2.27 bits per heavy atom. The van der Waals surface area contributed by atoms with Gasteiger partial charge in [0.15, 0.2) is 11.0 Å². The van der Waals surface area contributed by atoms with Crippen molar-refractivity contribution in [2.24, 2.45) is 5.73 Å².